The van der Waals surface area contributed by atoms with Crippen molar-refractivity contribution in [2.24, 2.45) is 0 Å². The smallest absolute Gasteiger partial charge is 0.318 e. The number of rotatable bonds is 4. The second kappa shape index (κ2) is 7.61. The van der Waals surface area contributed by atoms with Crippen LogP contribution in [0.2, 0.25) is 0 Å². The molecule has 1 N–H and O–H groups in total. The van der Waals surface area contributed by atoms with Crippen LogP contribution in [0, 0.1) is 6.92 Å². The topological polar surface area (TPSA) is 89.1 Å². The molecule has 1 aliphatic rings. The van der Waals surface area contributed by atoms with E-state index in [4.69, 9.17) is 4.52 Å². The molecule has 1 aromatic carbocycles. The van der Waals surface area contributed by atoms with Crippen molar-refractivity contribution in [2.45, 2.75) is 38.8 Å². The second-order valence-electron chi connectivity index (χ2n) is 6.62. The number of carbonyl (C=O) groups is 1. The molecule has 1 atom stereocenters. The zero-order valence-electron chi connectivity index (χ0n) is 15.2. The Hall–Kier alpha value is -3.16. The summed E-state index contributed by atoms with van der Waals surface area (Å²) in [6.45, 7) is 2.88. The van der Waals surface area contributed by atoms with Gasteiger partial charge in [-0.05, 0) is 43.9 Å². The van der Waals surface area contributed by atoms with Gasteiger partial charge in [0.15, 0.2) is 5.82 Å². The van der Waals surface area contributed by atoms with Gasteiger partial charge in [-0.2, -0.15) is 10.1 Å². The fourth-order valence-electron chi connectivity index (χ4n) is 3.45. The predicted molar refractivity (Wildman–Crippen MR) is 98.1 cm³/mol. The van der Waals surface area contributed by atoms with Gasteiger partial charge in [0, 0.05) is 25.5 Å². The van der Waals surface area contributed by atoms with Crippen LogP contribution in [0.3, 0.4) is 0 Å². The van der Waals surface area contributed by atoms with Gasteiger partial charge >= 0.3 is 6.03 Å². The van der Waals surface area contributed by atoms with Crippen LogP contribution in [-0.2, 0) is 6.54 Å². The van der Waals surface area contributed by atoms with Crippen molar-refractivity contribution in [3.8, 4) is 5.69 Å². The Morgan fingerprint density at radius 3 is 2.96 bits per heavy atom. The van der Waals surface area contributed by atoms with Gasteiger partial charge in [-0.15, -0.1) is 0 Å². The highest BCUT2D eigenvalue weighted by Crippen LogP contribution is 2.29. The molecular weight excluding hydrogens is 344 g/mol. The van der Waals surface area contributed by atoms with Gasteiger partial charge in [0.05, 0.1) is 5.69 Å². The van der Waals surface area contributed by atoms with Crippen LogP contribution in [0.25, 0.3) is 5.69 Å². The fraction of sp³-hybridized carbons (Fsp3) is 0.368. The average molecular weight is 366 g/mol. The molecule has 4 rings (SSSR count). The highest BCUT2D eigenvalue weighted by Gasteiger charge is 2.31. The van der Waals surface area contributed by atoms with Crippen molar-refractivity contribution in [1.82, 2.24) is 30.1 Å². The lowest BCUT2D eigenvalue weighted by atomic mass is 10.0. The van der Waals surface area contributed by atoms with Crippen molar-refractivity contribution in [3.05, 3.63) is 60.0 Å². The Balaban J connectivity index is 1.48. The summed E-state index contributed by atoms with van der Waals surface area (Å²) in [6.07, 6.45) is 6.47. The molecule has 3 heterocycles. The number of piperidine rings is 1. The fourth-order valence-corrected chi connectivity index (χ4v) is 3.45. The van der Waals surface area contributed by atoms with Crippen molar-refractivity contribution < 1.29 is 9.32 Å². The summed E-state index contributed by atoms with van der Waals surface area (Å²) in [6, 6.07) is 9.48. The molecule has 140 valence electrons. The third-order valence-electron chi connectivity index (χ3n) is 4.76. The van der Waals surface area contributed by atoms with E-state index in [-0.39, 0.29) is 12.1 Å². The number of aromatic nitrogens is 4. The van der Waals surface area contributed by atoms with E-state index in [1.54, 1.807) is 22.7 Å². The first-order valence-corrected chi connectivity index (χ1v) is 9.15. The highest BCUT2D eigenvalue weighted by molar-refractivity contribution is 5.74. The van der Waals surface area contributed by atoms with Crippen LogP contribution in [0.5, 0.6) is 0 Å². The number of aryl methyl sites for hydroxylation is 1. The maximum atomic E-state index is 12.9. The summed E-state index contributed by atoms with van der Waals surface area (Å²) in [5.41, 5.74) is 1.95. The normalized spacial score (nSPS) is 17.1. The number of hydrogen-bond acceptors (Lipinski definition) is 5. The number of urea groups is 1. The van der Waals surface area contributed by atoms with Crippen molar-refractivity contribution in [1.29, 1.82) is 0 Å². The molecule has 0 spiro atoms. The zero-order valence-corrected chi connectivity index (χ0v) is 15.2. The number of carbonyl (C=O) groups excluding carboxylic acids is 1. The minimum atomic E-state index is -0.165. The van der Waals surface area contributed by atoms with Crippen LogP contribution in [-0.4, -0.2) is 37.4 Å². The van der Waals surface area contributed by atoms with E-state index in [0.29, 0.717) is 24.8 Å². The molecule has 1 fully saturated rings. The van der Waals surface area contributed by atoms with E-state index in [1.165, 1.54) is 0 Å². The number of nitrogens with one attached hydrogen (secondary N) is 1. The average Bonchev–Trinajstić information content (AvgIpc) is 3.38. The molecule has 0 saturated carbocycles. The summed E-state index contributed by atoms with van der Waals surface area (Å²) < 4.78 is 7.12. The lowest BCUT2D eigenvalue weighted by molar-refractivity contribution is 0.131. The van der Waals surface area contributed by atoms with Crippen LogP contribution in [0.4, 0.5) is 4.79 Å². The maximum Gasteiger partial charge on any atom is 0.318 e. The predicted octanol–water partition coefficient (Wildman–Crippen LogP) is 3.00. The van der Waals surface area contributed by atoms with Gasteiger partial charge in [-0.3, -0.25) is 0 Å². The van der Waals surface area contributed by atoms with Crippen LogP contribution in [0.15, 0.2) is 47.2 Å². The van der Waals surface area contributed by atoms with Crippen LogP contribution < -0.4 is 5.32 Å². The van der Waals surface area contributed by atoms with E-state index >= 15 is 0 Å². The molecule has 8 nitrogen and oxygen atoms in total. The first kappa shape index (κ1) is 17.3. The van der Waals surface area contributed by atoms with Crippen LogP contribution >= 0.6 is 0 Å². The van der Waals surface area contributed by atoms with Gasteiger partial charge in [0.1, 0.15) is 6.04 Å². The lowest BCUT2D eigenvalue weighted by Gasteiger charge is -2.33. The zero-order chi connectivity index (χ0) is 18.6. The number of hydrogen-bond donors (Lipinski definition) is 1. The molecule has 2 aromatic heterocycles. The lowest BCUT2D eigenvalue weighted by Crippen LogP contribution is -2.44. The number of nitrogens with zero attached hydrogens (tertiary/aromatic N) is 5. The number of amides is 2. The Labute approximate surface area is 157 Å². The monoisotopic (exact) mass is 366 g/mol. The quantitative estimate of drug-likeness (QED) is 0.767. The molecule has 0 unspecified atom stereocenters. The minimum absolute atomic E-state index is 0.120. The molecule has 27 heavy (non-hydrogen) atoms. The van der Waals surface area contributed by atoms with Crippen LogP contribution in [0.1, 0.15) is 42.6 Å². The summed E-state index contributed by atoms with van der Waals surface area (Å²) >= 11 is 0. The first-order valence-electron chi connectivity index (χ1n) is 9.15. The third-order valence-corrected chi connectivity index (χ3v) is 4.76. The van der Waals surface area contributed by atoms with E-state index in [1.807, 2.05) is 36.5 Å². The molecule has 0 radical (unpaired) electrons. The van der Waals surface area contributed by atoms with Crippen molar-refractivity contribution >= 4 is 6.03 Å². The van der Waals surface area contributed by atoms with E-state index < -0.39 is 0 Å². The summed E-state index contributed by atoms with van der Waals surface area (Å²) in [5, 5.41) is 11.2. The standard InChI is InChI=1S/C19H22N6O2/c1-14-22-18(27-23-14)17-9-4-5-11-24(17)19(26)20-13-15-7-2-3-8-16(15)25-12-6-10-21-25/h2-3,6-8,10,12,17H,4-5,9,11,13H2,1H3,(H,20,26)/t17-/m1/s1. The van der Waals surface area contributed by atoms with Gasteiger partial charge in [-0.1, -0.05) is 23.4 Å². The largest absolute Gasteiger partial charge is 0.337 e. The second-order valence-corrected chi connectivity index (χ2v) is 6.62. The molecule has 3 aromatic rings. The van der Waals surface area contributed by atoms with E-state index in [0.717, 1.165) is 30.5 Å². The SMILES string of the molecule is Cc1noc([C@H]2CCCCN2C(=O)NCc2ccccc2-n2cccn2)n1. The summed E-state index contributed by atoms with van der Waals surface area (Å²) in [5.74, 6) is 1.10. The maximum absolute atomic E-state index is 12.9. The van der Waals surface area contributed by atoms with Gasteiger partial charge < -0.3 is 14.7 Å². The number of para-hydroxylation sites is 1. The molecule has 1 saturated heterocycles. The summed E-state index contributed by atoms with van der Waals surface area (Å²) in [4.78, 5) is 19.0. The molecule has 2 amide bonds. The number of likely N-dealkylation sites (tertiary alicyclic amines) is 1. The Morgan fingerprint density at radius 2 is 2.19 bits per heavy atom. The Bertz CT molecular complexity index is 905. The van der Waals surface area contributed by atoms with Gasteiger partial charge in [-0.25, -0.2) is 9.48 Å². The molecular formula is C19H22N6O2. The third kappa shape index (κ3) is 3.69. The molecule has 0 bridgehead atoms. The Kier molecular flexibility index (Phi) is 4.86. The van der Waals surface area contributed by atoms with Crippen molar-refractivity contribution in [3.63, 3.8) is 0 Å². The molecule has 0 aliphatic carbocycles. The van der Waals surface area contributed by atoms with E-state index in [2.05, 4.69) is 20.6 Å². The van der Waals surface area contributed by atoms with Crippen molar-refractivity contribution in [2.75, 3.05) is 6.54 Å². The molecule has 8 heteroatoms. The minimum Gasteiger partial charge on any atom is -0.337 e. The Morgan fingerprint density at radius 1 is 1.30 bits per heavy atom. The molecule has 1 aliphatic heterocycles. The van der Waals surface area contributed by atoms with E-state index in [9.17, 15) is 4.79 Å². The first-order chi connectivity index (χ1) is 13.2. The highest BCUT2D eigenvalue weighted by atomic mass is 16.5. The summed E-state index contributed by atoms with van der Waals surface area (Å²) in [7, 11) is 0. The van der Waals surface area contributed by atoms with Gasteiger partial charge in [0.2, 0.25) is 5.89 Å². The van der Waals surface area contributed by atoms with Gasteiger partial charge in [0.25, 0.3) is 0 Å². The number of benzene rings is 1.